The van der Waals surface area contributed by atoms with E-state index < -0.39 is 0 Å². The van der Waals surface area contributed by atoms with Crippen molar-refractivity contribution in [2.24, 2.45) is 5.41 Å². The first-order valence-corrected chi connectivity index (χ1v) is 15.3. The molecule has 0 aromatic carbocycles. The smallest absolute Gasteiger partial charge is 0.220 e. The van der Waals surface area contributed by atoms with Crippen molar-refractivity contribution in [2.45, 2.75) is 143 Å². The first kappa shape index (κ1) is 35.6. The fourth-order valence-corrected chi connectivity index (χ4v) is 4.09. The number of carbonyl (C=O) groups is 2. The van der Waals surface area contributed by atoms with Crippen LogP contribution >= 0.6 is 0 Å². The largest absolute Gasteiger partial charge is 0.355 e. The second kappa shape index (κ2) is 24.9. The summed E-state index contributed by atoms with van der Waals surface area (Å²) in [6.07, 6.45) is 27.6. The summed E-state index contributed by atoms with van der Waals surface area (Å²) in [5.41, 5.74) is -0.177. The van der Waals surface area contributed by atoms with Crippen LogP contribution in [-0.2, 0) is 14.4 Å². The minimum Gasteiger partial charge on any atom is -0.355 e. The molecule has 0 aliphatic heterocycles. The summed E-state index contributed by atoms with van der Waals surface area (Å²) < 4.78 is 0. The maximum absolute atomic E-state index is 12.2. The second-order valence-electron chi connectivity index (χ2n) is 11.5. The Morgan fingerprint density at radius 2 is 1.24 bits per heavy atom. The number of hydrogen-bond donors (Lipinski definition) is 2. The lowest BCUT2D eigenvalue weighted by atomic mass is 9.95. The third-order valence-corrected chi connectivity index (χ3v) is 6.66. The van der Waals surface area contributed by atoms with Crippen LogP contribution in [0.4, 0.5) is 0 Å². The van der Waals surface area contributed by atoms with E-state index in [1.54, 1.807) is 12.1 Å². The van der Waals surface area contributed by atoms with Crippen LogP contribution < -0.4 is 10.6 Å². The lowest BCUT2D eigenvalue weighted by Crippen LogP contribution is -2.40. The van der Waals surface area contributed by atoms with Gasteiger partial charge in [0.1, 0.15) is 0 Å². The molecule has 0 atom stereocenters. The van der Waals surface area contributed by atoms with E-state index in [4.69, 9.17) is 4.84 Å². The zero-order valence-corrected chi connectivity index (χ0v) is 25.2. The van der Waals surface area contributed by atoms with Gasteiger partial charge in [0.2, 0.25) is 11.8 Å². The molecule has 2 N–H and O–H groups in total. The number of amides is 2. The summed E-state index contributed by atoms with van der Waals surface area (Å²) in [7, 11) is 1.78. The van der Waals surface area contributed by atoms with Gasteiger partial charge >= 0.3 is 0 Å². The molecule has 6 nitrogen and oxygen atoms in total. The molecular weight excluding hydrogens is 462 g/mol. The van der Waals surface area contributed by atoms with Crippen LogP contribution in [0.25, 0.3) is 0 Å². The lowest BCUT2D eigenvalue weighted by Gasteiger charge is -2.27. The first-order valence-electron chi connectivity index (χ1n) is 15.3. The Labute approximate surface area is 229 Å². The number of hydrogen-bond acceptors (Lipinski definition) is 4. The highest BCUT2D eigenvalue weighted by Gasteiger charge is 2.20. The third kappa shape index (κ3) is 27.5. The highest BCUT2D eigenvalue weighted by atomic mass is 16.7. The zero-order valence-electron chi connectivity index (χ0n) is 25.2. The molecule has 0 radical (unpaired) electrons. The number of unbranched alkanes of at least 4 members (excludes halogenated alkanes) is 15. The molecule has 6 heteroatoms. The molecule has 37 heavy (non-hydrogen) atoms. The predicted octanol–water partition coefficient (Wildman–Crippen LogP) is 7.68. The molecule has 0 unspecified atom stereocenters. The fraction of sp³-hybridized carbons (Fsp3) is 0.871. The van der Waals surface area contributed by atoms with Crippen LogP contribution in [0.15, 0.2) is 12.2 Å². The van der Waals surface area contributed by atoms with E-state index >= 15 is 0 Å². The highest BCUT2D eigenvalue weighted by Crippen LogP contribution is 2.15. The van der Waals surface area contributed by atoms with Gasteiger partial charge in [-0.3, -0.25) is 14.4 Å². The van der Waals surface area contributed by atoms with Gasteiger partial charge < -0.3 is 10.6 Å². The summed E-state index contributed by atoms with van der Waals surface area (Å²) in [4.78, 5) is 28.8. The summed E-state index contributed by atoms with van der Waals surface area (Å²) in [6, 6.07) is 0. The van der Waals surface area contributed by atoms with E-state index in [9.17, 15) is 9.59 Å². The molecule has 0 saturated carbocycles. The molecule has 0 saturated heterocycles. The van der Waals surface area contributed by atoms with E-state index in [1.807, 2.05) is 0 Å². The molecule has 0 aliphatic rings. The SMILES string of the molecule is CCCCCCCC/C=C\CCCCCCCCCCCC(=O)NCC(C)(C)CON(C)CNC(C)=O. The van der Waals surface area contributed by atoms with Gasteiger partial charge in [-0.2, -0.15) is 5.06 Å². The van der Waals surface area contributed by atoms with Crippen LogP contribution in [-0.4, -0.2) is 43.7 Å². The Morgan fingerprint density at radius 1 is 0.757 bits per heavy atom. The number of carbonyl (C=O) groups excluding carboxylic acids is 2. The summed E-state index contributed by atoms with van der Waals surface area (Å²) in [5.74, 6) is 0.0374. The molecule has 0 aromatic rings. The fourth-order valence-electron chi connectivity index (χ4n) is 4.09. The zero-order chi connectivity index (χ0) is 27.6. The summed E-state index contributed by atoms with van der Waals surface area (Å²) in [6.45, 7) is 9.27. The number of rotatable bonds is 26. The van der Waals surface area contributed by atoms with E-state index in [-0.39, 0.29) is 17.2 Å². The van der Waals surface area contributed by atoms with E-state index in [1.165, 1.54) is 103 Å². The van der Waals surface area contributed by atoms with Crippen molar-refractivity contribution in [3.8, 4) is 0 Å². The maximum atomic E-state index is 12.2. The number of allylic oxidation sites excluding steroid dienone is 2. The standard InChI is InChI=1S/C31H61N3O3/c1-6-7-8-9-10-11-12-13-14-15-16-17-18-19-20-21-22-23-24-25-30(36)32-26-31(3,4)27-37-34(5)28-33-29(2)35/h13-14H,6-12,15-28H2,1-5H3,(H,32,36)(H,33,35)/b14-13-. The lowest BCUT2D eigenvalue weighted by molar-refractivity contribution is -0.168. The Kier molecular flexibility index (Phi) is 24.0. The van der Waals surface area contributed by atoms with Crippen LogP contribution in [0.2, 0.25) is 0 Å². The van der Waals surface area contributed by atoms with Gasteiger partial charge in [0.05, 0.1) is 13.3 Å². The summed E-state index contributed by atoms with van der Waals surface area (Å²) in [5, 5.41) is 7.33. The van der Waals surface area contributed by atoms with Gasteiger partial charge in [-0.05, 0) is 32.1 Å². The maximum Gasteiger partial charge on any atom is 0.220 e. The Balaban J connectivity index is 3.47. The van der Waals surface area contributed by atoms with Crippen LogP contribution in [0.5, 0.6) is 0 Å². The molecule has 0 rings (SSSR count). The van der Waals surface area contributed by atoms with E-state index in [0.717, 1.165) is 12.8 Å². The van der Waals surface area contributed by atoms with E-state index in [2.05, 4.69) is 43.6 Å². The number of hydroxylamine groups is 2. The predicted molar refractivity (Wildman–Crippen MR) is 157 cm³/mol. The van der Waals surface area contributed by atoms with Crippen molar-refractivity contribution in [1.29, 1.82) is 0 Å². The van der Waals surface area contributed by atoms with Gasteiger partial charge in [-0.15, -0.1) is 0 Å². The quantitative estimate of drug-likeness (QED) is 0.0528. The minimum absolute atomic E-state index is 0.0883. The van der Waals surface area contributed by atoms with E-state index in [0.29, 0.717) is 26.2 Å². The average Bonchev–Trinajstić information content (AvgIpc) is 2.86. The average molecular weight is 524 g/mol. The molecule has 0 fully saturated rings. The number of nitrogens with zero attached hydrogens (tertiary/aromatic N) is 1. The van der Waals surface area contributed by atoms with Crippen LogP contribution in [0.1, 0.15) is 143 Å². The Morgan fingerprint density at radius 3 is 1.76 bits per heavy atom. The molecule has 2 amide bonds. The first-order chi connectivity index (χ1) is 17.8. The van der Waals surface area contributed by atoms with Crippen molar-refractivity contribution >= 4 is 11.8 Å². The molecule has 0 heterocycles. The molecule has 0 aliphatic carbocycles. The van der Waals surface area contributed by atoms with Crippen LogP contribution in [0.3, 0.4) is 0 Å². The topological polar surface area (TPSA) is 70.7 Å². The van der Waals surface area contributed by atoms with Crippen LogP contribution in [0, 0.1) is 5.41 Å². The van der Waals surface area contributed by atoms with Crippen molar-refractivity contribution in [2.75, 3.05) is 26.9 Å². The molecule has 0 bridgehead atoms. The number of nitrogens with one attached hydrogen (secondary N) is 2. The second-order valence-corrected chi connectivity index (χ2v) is 11.5. The highest BCUT2D eigenvalue weighted by molar-refractivity contribution is 5.75. The van der Waals surface area contributed by atoms with Gasteiger partial charge in [0.25, 0.3) is 0 Å². The third-order valence-electron chi connectivity index (χ3n) is 6.66. The van der Waals surface area contributed by atoms with Gasteiger partial charge in [-0.1, -0.05) is 110 Å². The molecule has 0 aromatic heterocycles. The van der Waals surface area contributed by atoms with Gasteiger partial charge in [0.15, 0.2) is 0 Å². The van der Waals surface area contributed by atoms with Gasteiger partial charge in [-0.25, -0.2) is 0 Å². The molecular formula is C31H61N3O3. The Hall–Kier alpha value is -1.40. The van der Waals surface area contributed by atoms with Crippen molar-refractivity contribution in [3.05, 3.63) is 12.2 Å². The van der Waals surface area contributed by atoms with Crippen molar-refractivity contribution in [1.82, 2.24) is 15.7 Å². The van der Waals surface area contributed by atoms with Gasteiger partial charge in [0, 0.05) is 32.4 Å². The summed E-state index contributed by atoms with van der Waals surface area (Å²) >= 11 is 0. The monoisotopic (exact) mass is 523 g/mol. The molecule has 0 spiro atoms. The minimum atomic E-state index is -0.177. The van der Waals surface area contributed by atoms with Crippen molar-refractivity contribution in [3.63, 3.8) is 0 Å². The van der Waals surface area contributed by atoms with Crippen molar-refractivity contribution < 1.29 is 14.4 Å². The molecule has 218 valence electrons. The Bertz CT molecular complexity index is 578. The normalized spacial score (nSPS) is 11.9.